The van der Waals surface area contributed by atoms with Gasteiger partial charge in [-0.2, -0.15) is 0 Å². The Hall–Kier alpha value is -1.00. The van der Waals surface area contributed by atoms with Crippen LogP contribution in [0.1, 0.15) is 32.9 Å². The molecular formula is C15H23N3S. The number of pyridine rings is 1. The molecule has 2 rings (SSSR count). The standard InChI is InChI=1S/C15H23N3S/c1-11(2)7-9-19-15-13(10-12(3)16)18-8-5-4-6-14(18)17-15/h4-6,8,11-12H,7,9-10,16H2,1-3H3. The van der Waals surface area contributed by atoms with E-state index in [1.165, 1.54) is 12.1 Å². The van der Waals surface area contributed by atoms with E-state index in [4.69, 9.17) is 10.7 Å². The summed E-state index contributed by atoms with van der Waals surface area (Å²) in [5.41, 5.74) is 8.24. The average molecular weight is 277 g/mol. The van der Waals surface area contributed by atoms with Crippen molar-refractivity contribution >= 4 is 17.4 Å². The Morgan fingerprint density at radius 1 is 1.32 bits per heavy atom. The molecule has 4 heteroatoms. The Bertz CT molecular complexity index is 531. The molecule has 2 N–H and O–H groups in total. The smallest absolute Gasteiger partial charge is 0.138 e. The van der Waals surface area contributed by atoms with Gasteiger partial charge >= 0.3 is 0 Å². The van der Waals surface area contributed by atoms with Crippen molar-refractivity contribution in [1.82, 2.24) is 9.38 Å². The van der Waals surface area contributed by atoms with Crippen LogP contribution in [0.4, 0.5) is 0 Å². The van der Waals surface area contributed by atoms with Crippen molar-refractivity contribution in [2.45, 2.75) is 44.7 Å². The highest BCUT2D eigenvalue weighted by molar-refractivity contribution is 7.99. The lowest BCUT2D eigenvalue weighted by atomic mass is 10.2. The summed E-state index contributed by atoms with van der Waals surface area (Å²) in [5.74, 6) is 1.86. The minimum atomic E-state index is 0.157. The predicted octanol–water partition coefficient (Wildman–Crippen LogP) is 3.36. The molecule has 0 aliphatic carbocycles. The van der Waals surface area contributed by atoms with Crippen LogP contribution in [0.2, 0.25) is 0 Å². The van der Waals surface area contributed by atoms with Crippen molar-refractivity contribution in [3.05, 3.63) is 30.1 Å². The molecule has 2 heterocycles. The molecule has 0 aliphatic heterocycles. The molecule has 0 fully saturated rings. The van der Waals surface area contributed by atoms with Crippen molar-refractivity contribution in [3.63, 3.8) is 0 Å². The third kappa shape index (κ3) is 3.74. The summed E-state index contributed by atoms with van der Waals surface area (Å²) in [6.07, 6.45) is 4.16. The highest BCUT2D eigenvalue weighted by Crippen LogP contribution is 2.26. The fourth-order valence-corrected chi connectivity index (χ4v) is 3.31. The van der Waals surface area contributed by atoms with Gasteiger partial charge in [0.25, 0.3) is 0 Å². The number of nitrogens with zero attached hydrogens (tertiary/aromatic N) is 2. The van der Waals surface area contributed by atoms with Crippen LogP contribution >= 0.6 is 11.8 Å². The Morgan fingerprint density at radius 3 is 2.79 bits per heavy atom. The maximum Gasteiger partial charge on any atom is 0.138 e. The zero-order valence-corrected chi connectivity index (χ0v) is 12.8. The van der Waals surface area contributed by atoms with Crippen LogP contribution < -0.4 is 5.73 Å². The maximum atomic E-state index is 5.97. The number of rotatable bonds is 6. The molecule has 0 spiro atoms. The largest absolute Gasteiger partial charge is 0.328 e. The normalized spacial score (nSPS) is 13.3. The third-order valence-electron chi connectivity index (χ3n) is 3.04. The van der Waals surface area contributed by atoms with E-state index in [0.717, 1.165) is 28.8 Å². The lowest BCUT2D eigenvalue weighted by molar-refractivity contribution is 0.631. The summed E-state index contributed by atoms with van der Waals surface area (Å²) in [6.45, 7) is 6.56. The van der Waals surface area contributed by atoms with Gasteiger partial charge in [0, 0.05) is 18.7 Å². The summed E-state index contributed by atoms with van der Waals surface area (Å²) in [6, 6.07) is 6.28. The Kier molecular flexibility index (Phi) is 4.88. The quantitative estimate of drug-likeness (QED) is 0.823. The van der Waals surface area contributed by atoms with E-state index >= 15 is 0 Å². The van der Waals surface area contributed by atoms with Crippen molar-refractivity contribution in [2.75, 3.05) is 5.75 Å². The Morgan fingerprint density at radius 2 is 2.11 bits per heavy atom. The van der Waals surface area contributed by atoms with Crippen molar-refractivity contribution < 1.29 is 0 Å². The average Bonchev–Trinajstić information content (AvgIpc) is 2.67. The first-order valence-electron chi connectivity index (χ1n) is 6.92. The zero-order valence-electron chi connectivity index (χ0n) is 12.0. The molecule has 1 unspecified atom stereocenters. The van der Waals surface area contributed by atoms with Crippen LogP contribution in [-0.4, -0.2) is 21.2 Å². The van der Waals surface area contributed by atoms with Crippen LogP contribution in [0.25, 0.3) is 5.65 Å². The number of aromatic nitrogens is 2. The van der Waals surface area contributed by atoms with Crippen molar-refractivity contribution in [2.24, 2.45) is 11.7 Å². The number of imidazole rings is 1. The van der Waals surface area contributed by atoms with Gasteiger partial charge in [-0.15, -0.1) is 11.8 Å². The number of thioether (sulfide) groups is 1. The molecular weight excluding hydrogens is 254 g/mol. The number of fused-ring (bicyclic) bond motifs is 1. The van der Waals surface area contributed by atoms with Gasteiger partial charge in [-0.05, 0) is 37.1 Å². The topological polar surface area (TPSA) is 43.3 Å². The molecule has 0 radical (unpaired) electrons. The maximum absolute atomic E-state index is 5.97. The second-order valence-corrected chi connectivity index (χ2v) is 6.59. The summed E-state index contributed by atoms with van der Waals surface area (Å²) in [7, 11) is 0. The van der Waals surface area contributed by atoms with Crippen molar-refractivity contribution in [3.8, 4) is 0 Å². The molecule has 0 saturated heterocycles. The van der Waals surface area contributed by atoms with E-state index in [0.29, 0.717) is 0 Å². The number of nitrogens with two attached hydrogens (primary N) is 1. The molecule has 2 aromatic heterocycles. The van der Waals surface area contributed by atoms with Gasteiger partial charge in [-0.3, -0.25) is 0 Å². The molecule has 19 heavy (non-hydrogen) atoms. The summed E-state index contributed by atoms with van der Waals surface area (Å²) in [5, 5.41) is 1.14. The van der Waals surface area contributed by atoms with Crippen LogP contribution in [-0.2, 0) is 6.42 Å². The van der Waals surface area contributed by atoms with Gasteiger partial charge in [0.15, 0.2) is 0 Å². The van der Waals surface area contributed by atoms with E-state index in [-0.39, 0.29) is 6.04 Å². The zero-order chi connectivity index (χ0) is 13.8. The van der Waals surface area contributed by atoms with E-state index in [1.54, 1.807) is 0 Å². The second-order valence-electron chi connectivity index (χ2n) is 5.50. The summed E-state index contributed by atoms with van der Waals surface area (Å²) >= 11 is 1.86. The van der Waals surface area contributed by atoms with Crippen LogP contribution in [0.15, 0.2) is 29.4 Å². The first kappa shape index (κ1) is 14.4. The van der Waals surface area contributed by atoms with Gasteiger partial charge in [-0.25, -0.2) is 4.98 Å². The highest BCUT2D eigenvalue weighted by atomic mass is 32.2. The van der Waals surface area contributed by atoms with Gasteiger partial charge < -0.3 is 10.1 Å². The Balaban J connectivity index is 2.25. The molecule has 3 nitrogen and oxygen atoms in total. The van der Waals surface area contributed by atoms with E-state index in [9.17, 15) is 0 Å². The van der Waals surface area contributed by atoms with Gasteiger partial charge in [0.1, 0.15) is 10.7 Å². The first-order valence-corrected chi connectivity index (χ1v) is 7.91. The minimum Gasteiger partial charge on any atom is -0.328 e. The lowest BCUT2D eigenvalue weighted by Crippen LogP contribution is -2.19. The molecule has 1 atom stereocenters. The van der Waals surface area contributed by atoms with Crippen LogP contribution in [0.5, 0.6) is 0 Å². The molecule has 0 saturated carbocycles. The van der Waals surface area contributed by atoms with E-state index in [2.05, 4.69) is 30.5 Å². The first-order chi connectivity index (χ1) is 9.08. The highest BCUT2D eigenvalue weighted by Gasteiger charge is 2.13. The van der Waals surface area contributed by atoms with Gasteiger partial charge in [-0.1, -0.05) is 19.9 Å². The molecule has 0 bridgehead atoms. The van der Waals surface area contributed by atoms with Gasteiger partial charge in [0.2, 0.25) is 0 Å². The fraction of sp³-hybridized carbons (Fsp3) is 0.533. The van der Waals surface area contributed by atoms with E-state index in [1.807, 2.05) is 30.8 Å². The summed E-state index contributed by atoms with van der Waals surface area (Å²) in [4.78, 5) is 4.73. The Labute approximate surface area is 119 Å². The molecule has 2 aromatic rings. The third-order valence-corrected chi connectivity index (χ3v) is 4.08. The molecule has 0 aliphatic rings. The number of hydrogen-bond donors (Lipinski definition) is 1. The monoisotopic (exact) mass is 277 g/mol. The van der Waals surface area contributed by atoms with Crippen LogP contribution in [0, 0.1) is 5.92 Å². The molecule has 104 valence electrons. The fourth-order valence-electron chi connectivity index (χ4n) is 2.02. The SMILES string of the molecule is CC(C)CCSc1nc2ccccn2c1CC(C)N. The van der Waals surface area contributed by atoms with Crippen molar-refractivity contribution in [1.29, 1.82) is 0 Å². The van der Waals surface area contributed by atoms with Crippen LogP contribution in [0.3, 0.4) is 0 Å². The van der Waals surface area contributed by atoms with E-state index < -0.39 is 0 Å². The second kappa shape index (κ2) is 6.44. The number of hydrogen-bond acceptors (Lipinski definition) is 3. The summed E-state index contributed by atoms with van der Waals surface area (Å²) < 4.78 is 2.17. The lowest BCUT2D eigenvalue weighted by Gasteiger charge is -2.08. The molecule has 0 aromatic carbocycles. The van der Waals surface area contributed by atoms with Gasteiger partial charge in [0.05, 0.1) is 5.69 Å². The minimum absolute atomic E-state index is 0.157. The predicted molar refractivity (Wildman–Crippen MR) is 82.7 cm³/mol. The molecule has 0 amide bonds.